The molecule has 2 heterocycles. The van der Waals surface area contributed by atoms with E-state index < -0.39 is 5.60 Å². The fourth-order valence-corrected chi connectivity index (χ4v) is 8.51. The van der Waals surface area contributed by atoms with Crippen LogP contribution in [0.4, 0.5) is 0 Å². The maximum Gasteiger partial charge on any atom is 0.165 e. The lowest BCUT2D eigenvalue weighted by Gasteiger charge is -2.71. The quantitative estimate of drug-likeness (QED) is 0.517. The smallest absolute Gasteiger partial charge is 0.165 e. The first-order chi connectivity index (χ1) is 15.0. The molecule has 31 heavy (non-hydrogen) atoms. The molecule has 7 rings (SSSR count). The minimum Gasteiger partial charge on any atom is -0.504 e. The fraction of sp³-hybridized carbons (Fsp3) is 0.667. The number of nitrogens with zero attached hydrogens (tertiary/aromatic N) is 2. The van der Waals surface area contributed by atoms with Gasteiger partial charge in [0.2, 0.25) is 0 Å². The van der Waals surface area contributed by atoms with Crippen molar-refractivity contribution in [3.05, 3.63) is 35.4 Å². The van der Waals surface area contributed by atoms with Gasteiger partial charge in [-0.15, -0.1) is 23.2 Å². The van der Waals surface area contributed by atoms with Gasteiger partial charge in [-0.25, -0.2) is 0 Å². The van der Waals surface area contributed by atoms with Crippen molar-refractivity contribution in [2.75, 3.05) is 45.6 Å². The summed E-state index contributed by atoms with van der Waals surface area (Å²) >= 11 is 12.5. The van der Waals surface area contributed by atoms with Gasteiger partial charge >= 0.3 is 0 Å². The highest BCUT2D eigenvalue weighted by atomic mass is 35.5. The molecule has 0 aromatic heterocycles. The molecule has 1 aromatic carbocycles. The number of hydrogen-bond acceptors (Lipinski definition) is 5. The van der Waals surface area contributed by atoms with Crippen LogP contribution in [0, 0.1) is 5.41 Å². The number of alkyl halides is 2. The molecule has 7 heteroatoms. The lowest BCUT2D eigenvalue weighted by molar-refractivity contribution is -0.217. The molecule has 2 aliphatic heterocycles. The van der Waals surface area contributed by atoms with Crippen LogP contribution in [-0.4, -0.2) is 84.2 Å². The molecule has 4 bridgehead atoms. The molecule has 2 spiro atoms. The Balaban J connectivity index is 1.61. The van der Waals surface area contributed by atoms with Crippen LogP contribution < -0.4 is 4.74 Å². The third-order valence-electron chi connectivity index (χ3n) is 9.22. The summed E-state index contributed by atoms with van der Waals surface area (Å²) in [5.74, 6) is 2.03. The van der Waals surface area contributed by atoms with Crippen LogP contribution in [-0.2, 0) is 16.6 Å². The Morgan fingerprint density at radius 1 is 1.26 bits per heavy atom. The number of methoxy groups -OCH3 is 1. The van der Waals surface area contributed by atoms with Crippen molar-refractivity contribution in [2.24, 2.45) is 5.41 Å². The highest BCUT2D eigenvalue weighted by Gasteiger charge is 2.79. The summed E-state index contributed by atoms with van der Waals surface area (Å²) in [4.78, 5) is 4.94. The highest BCUT2D eigenvalue weighted by Crippen LogP contribution is 2.73. The Kier molecular flexibility index (Phi) is 4.50. The molecule has 168 valence electrons. The second-order valence-corrected chi connectivity index (χ2v) is 10.7. The normalized spacial score (nSPS) is 41.5. The number of halogens is 2. The van der Waals surface area contributed by atoms with Gasteiger partial charge in [0.15, 0.2) is 11.5 Å². The Labute approximate surface area is 193 Å². The molecule has 2 fully saturated rings. The first-order valence-electron chi connectivity index (χ1n) is 11.3. The second kappa shape index (κ2) is 6.77. The van der Waals surface area contributed by atoms with Gasteiger partial charge in [0.05, 0.1) is 5.41 Å². The summed E-state index contributed by atoms with van der Waals surface area (Å²) in [6.45, 7) is 2.54. The van der Waals surface area contributed by atoms with E-state index >= 15 is 0 Å². The summed E-state index contributed by atoms with van der Waals surface area (Å²) in [5, 5.41) is 10.8. The maximum absolute atomic E-state index is 10.8. The highest BCUT2D eigenvalue weighted by molar-refractivity contribution is 6.18. The third kappa shape index (κ3) is 2.21. The van der Waals surface area contributed by atoms with Crippen molar-refractivity contribution < 1.29 is 14.6 Å². The van der Waals surface area contributed by atoms with Gasteiger partial charge in [-0.3, -0.25) is 4.90 Å². The second-order valence-electron chi connectivity index (χ2n) is 9.93. The lowest BCUT2D eigenvalue weighted by Crippen LogP contribution is -2.81. The number of benzene rings is 1. The van der Waals surface area contributed by atoms with Gasteiger partial charge in [-0.1, -0.05) is 18.2 Å². The van der Waals surface area contributed by atoms with Gasteiger partial charge in [0.25, 0.3) is 0 Å². The standard InChI is InChI=1S/C24H30Cl2N2O3/c1-27-10-7-23-19-15-3-4-16(29)20(19)31-21(23)24(30-2)6-5-22(23,17(27)13-15)14-18(24)28(11-8-25)12-9-26/h3-6,17-18,21,29H,7-14H2,1-2H3/t17-,18?,21-,22?,23+,24?/m1/s1. The molecule has 0 radical (unpaired) electrons. The Morgan fingerprint density at radius 3 is 2.74 bits per heavy atom. The van der Waals surface area contributed by atoms with Crippen LogP contribution >= 0.6 is 23.2 Å². The molecule has 6 aliphatic rings. The predicted molar refractivity (Wildman–Crippen MR) is 122 cm³/mol. The van der Waals surface area contributed by atoms with E-state index in [4.69, 9.17) is 32.7 Å². The molecule has 0 amide bonds. The number of rotatable bonds is 6. The van der Waals surface area contributed by atoms with E-state index in [-0.39, 0.29) is 28.7 Å². The topological polar surface area (TPSA) is 45.2 Å². The van der Waals surface area contributed by atoms with E-state index in [1.54, 1.807) is 13.2 Å². The van der Waals surface area contributed by atoms with Gasteiger partial charge in [-0.2, -0.15) is 0 Å². The molecule has 1 saturated carbocycles. The molecule has 3 unspecified atom stereocenters. The van der Waals surface area contributed by atoms with E-state index in [0.717, 1.165) is 38.9 Å². The van der Waals surface area contributed by atoms with E-state index in [2.05, 4.69) is 35.1 Å². The van der Waals surface area contributed by atoms with E-state index in [0.29, 0.717) is 23.6 Å². The molecular formula is C24H30Cl2N2O3. The van der Waals surface area contributed by atoms with Crippen molar-refractivity contribution in [2.45, 2.75) is 48.5 Å². The summed E-state index contributed by atoms with van der Waals surface area (Å²) in [5.41, 5.74) is 1.70. The molecule has 1 N–H and O–H groups in total. The van der Waals surface area contributed by atoms with Crippen LogP contribution in [0.2, 0.25) is 0 Å². The number of ether oxygens (including phenoxy) is 2. The average molecular weight is 465 g/mol. The Bertz CT molecular complexity index is 951. The van der Waals surface area contributed by atoms with E-state index in [1.807, 2.05) is 0 Å². The first kappa shape index (κ1) is 20.6. The largest absolute Gasteiger partial charge is 0.504 e. The third-order valence-corrected chi connectivity index (χ3v) is 9.56. The maximum atomic E-state index is 10.8. The van der Waals surface area contributed by atoms with Gasteiger partial charge < -0.3 is 19.5 Å². The van der Waals surface area contributed by atoms with Gasteiger partial charge in [0, 0.05) is 55.0 Å². The van der Waals surface area contributed by atoms with Gasteiger partial charge in [0.1, 0.15) is 11.7 Å². The molecule has 5 nitrogen and oxygen atoms in total. The van der Waals surface area contributed by atoms with Crippen LogP contribution in [0.3, 0.4) is 0 Å². The van der Waals surface area contributed by atoms with Crippen LogP contribution in [0.5, 0.6) is 11.5 Å². The zero-order chi connectivity index (χ0) is 21.6. The van der Waals surface area contributed by atoms with Crippen molar-refractivity contribution in [3.63, 3.8) is 0 Å². The zero-order valence-corrected chi connectivity index (χ0v) is 19.6. The minimum absolute atomic E-state index is 0.0709. The average Bonchev–Trinajstić information content (AvgIpc) is 3.15. The van der Waals surface area contributed by atoms with Crippen molar-refractivity contribution in [1.29, 1.82) is 0 Å². The van der Waals surface area contributed by atoms with Crippen molar-refractivity contribution in [1.82, 2.24) is 9.80 Å². The summed E-state index contributed by atoms with van der Waals surface area (Å²) in [6.07, 6.45) is 7.50. The number of phenolic OH excluding ortho intramolecular Hbond substituents is 1. The molecular weight excluding hydrogens is 435 g/mol. The summed E-state index contributed by atoms with van der Waals surface area (Å²) in [6, 6.07) is 4.41. The van der Waals surface area contributed by atoms with Crippen LogP contribution in [0.1, 0.15) is 24.0 Å². The van der Waals surface area contributed by atoms with E-state index in [9.17, 15) is 5.11 Å². The molecule has 1 saturated heterocycles. The Hall–Kier alpha value is -0.980. The number of likely N-dealkylation sites (N-methyl/N-ethyl adjacent to an activating group) is 1. The van der Waals surface area contributed by atoms with Crippen molar-refractivity contribution >= 4 is 23.2 Å². The minimum atomic E-state index is -0.611. The number of likely N-dealkylation sites (tertiary alicyclic amines) is 1. The van der Waals surface area contributed by atoms with Crippen LogP contribution in [0.15, 0.2) is 24.3 Å². The Morgan fingerprint density at radius 2 is 2.03 bits per heavy atom. The molecule has 1 aromatic rings. The summed E-state index contributed by atoms with van der Waals surface area (Å²) in [7, 11) is 4.06. The summed E-state index contributed by atoms with van der Waals surface area (Å²) < 4.78 is 13.2. The van der Waals surface area contributed by atoms with Crippen molar-refractivity contribution in [3.8, 4) is 11.5 Å². The lowest BCUT2D eigenvalue weighted by atomic mass is 9.38. The number of hydrogen-bond donors (Lipinski definition) is 1. The molecule has 4 aliphatic carbocycles. The predicted octanol–water partition coefficient (Wildman–Crippen LogP) is 3.14. The number of piperidine rings is 1. The first-order valence-corrected chi connectivity index (χ1v) is 12.4. The fourth-order valence-electron chi connectivity index (χ4n) is 8.07. The van der Waals surface area contributed by atoms with E-state index in [1.165, 1.54) is 11.1 Å². The SMILES string of the molecule is COC12C=CC3(CC1N(CCCl)CCCl)[C@H]1Cc4ccc(O)c5c4[C@@]3(CCN1C)[C@H]2O5. The van der Waals surface area contributed by atoms with Gasteiger partial charge in [-0.05, 0) is 44.5 Å². The van der Waals surface area contributed by atoms with Crippen LogP contribution in [0.25, 0.3) is 0 Å². The zero-order valence-electron chi connectivity index (χ0n) is 18.1. The number of aromatic hydroxyl groups is 1. The molecule has 6 atom stereocenters. The number of fused-ring (bicyclic) bond motifs is 1. The number of phenols is 1. The monoisotopic (exact) mass is 464 g/mol.